The van der Waals surface area contributed by atoms with Crippen LogP contribution in [0.5, 0.6) is 23.0 Å². The maximum Gasteiger partial charge on any atom is 0.227 e. The average Bonchev–Trinajstić information content (AvgIpc) is 2.90. The van der Waals surface area contributed by atoms with Gasteiger partial charge < -0.3 is 29.6 Å². The molecule has 1 aromatic heterocycles. The van der Waals surface area contributed by atoms with Gasteiger partial charge >= 0.3 is 0 Å². The van der Waals surface area contributed by atoms with Crippen molar-refractivity contribution in [2.45, 2.75) is 25.4 Å². The summed E-state index contributed by atoms with van der Waals surface area (Å²) in [4.78, 5) is 8.47. The van der Waals surface area contributed by atoms with Gasteiger partial charge in [0.15, 0.2) is 28.9 Å². The van der Waals surface area contributed by atoms with Crippen molar-refractivity contribution in [1.29, 1.82) is 0 Å². The molecule has 8 nitrogen and oxygen atoms in total. The molecule has 1 aliphatic heterocycles. The van der Waals surface area contributed by atoms with Crippen LogP contribution in [0, 0.1) is 11.6 Å². The highest BCUT2D eigenvalue weighted by molar-refractivity contribution is 5.58. The van der Waals surface area contributed by atoms with Crippen LogP contribution < -0.4 is 29.6 Å². The van der Waals surface area contributed by atoms with Gasteiger partial charge in [-0.2, -0.15) is 0 Å². The first kappa shape index (κ1) is 24.5. The SMILES string of the molecule is COc1cc(Nc2ncc(OCc3c(F)c(OC)cc(OC)c3F)cn2)ccc1C1CCNCC1. The van der Waals surface area contributed by atoms with E-state index >= 15 is 0 Å². The fraction of sp³-hybridized carbons (Fsp3) is 0.360. The van der Waals surface area contributed by atoms with E-state index in [1.807, 2.05) is 12.1 Å². The Balaban J connectivity index is 1.43. The Morgan fingerprint density at radius 1 is 0.914 bits per heavy atom. The van der Waals surface area contributed by atoms with Gasteiger partial charge in [-0.15, -0.1) is 0 Å². The number of nitrogens with zero attached hydrogens (tertiary/aromatic N) is 2. The molecule has 0 spiro atoms. The van der Waals surface area contributed by atoms with E-state index in [0.29, 0.717) is 11.9 Å². The Bertz CT molecular complexity index is 1130. The van der Waals surface area contributed by atoms with Crippen LogP contribution in [0.3, 0.4) is 0 Å². The van der Waals surface area contributed by atoms with Gasteiger partial charge in [0.05, 0.1) is 39.3 Å². The van der Waals surface area contributed by atoms with Gasteiger partial charge in [-0.3, -0.25) is 0 Å². The van der Waals surface area contributed by atoms with Crippen molar-refractivity contribution in [1.82, 2.24) is 15.3 Å². The number of hydrogen-bond acceptors (Lipinski definition) is 8. The molecular formula is C25H28F2N4O4. The predicted octanol–water partition coefficient (Wildman–Crippen LogP) is 4.57. The van der Waals surface area contributed by atoms with Crippen molar-refractivity contribution >= 4 is 11.6 Å². The number of nitrogens with one attached hydrogen (secondary N) is 2. The largest absolute Gasteiger partial charge is 0.496 e. The Morgan fingerprint density at radius 2 is 1.54 bits per heavy atom. The number of benzene rings is 2. The lowest BCUT2D eigenvalue weighted by atomic mass is 9.89. The zero-order chi connectivity index (χ0) is 24.8. The summed E-state index contributed by atoms with van der Waals surface area (Å²) in [6, 6.07) is 7.11. The number of methoxy groups -OCH3 is 3. The first-order chi connectivity index (χ1) is 17.0. The van der Waals surface area contributed by atoms with Crippen LogP contribution in [0.15, 0.2) is 36.7 Å². The zero-order valence-electron chi connectivity index (χ0n) is 19.9. The molecule has 10 heteroatoms. The number of rotatable bonds is 9. The van der Waals surface area contributed by atoms with Gasteiger partial charge in [0.25, 0.3) is 0 Å². The Morgan fingerprint density at radius 3 is 2.14 bits per heavy atom. The van der Waals surface area contributed by atoms with Crippen molar-refractivity contribution in [3.8, 4) is 23.0 Å². The van der Waals surface area contributed by atoms with E-state index in [0.717, 1.165) is 43.4 Å². The molecule has 0 bridgehead atoms. The summed E-state index contributed by atoms with van der Waals surface area (Å²) in [6.07, 6.45) is 4.99. The number of aromatic nitrogens is 2. The van der Waals surface area contributed by atoms with E-state index in [1.54, 1.807) is 7.11 Å². The lowest BCUT2D eigenvalue weighted by Crippen LogP contribution is -2.26. The van der Waals surface area contributed by atoms with Gasteiger partial charge in [0, 0.05) is 17.8 Å². The van der Waals surface area contributed by atoms with Crippen molar-refractivity contribution < 1.29 is 27.7 Å². The third-order valence-corrected chi connectivity index (χ3v) is 5.94. The van der Waals surface area contributed by atoms with Gasteiger partial charge in [-0.25, -0.2) is 18.7 Å². The van der Waals surface area contributed by atoms with Gasteiger partial charge in [0.2, 0.25) is 5.95 Å². The van der Waals surface area contributed by atoms with Gasteiger partial charge in [0.1, 0.15) is 12.4 Å². The van der Waals surface area contributed by atoms with Gasteiger partial charge in [-0.1, -0.05) is 6.07 Å². The Hall–Kier alpha value is -3.66. The molecule has 186 valence electrons. The van der Waals surface area contributed by atoms with E-state index in [9.17, 15) is 8.78 Å². The second kappa shape index (κ2) is 11.2. The fourth-order valence-electron chi connectivity index (χ4n) is 4.06. The van der Waals surface area contributed by atoms with Crippen LogP contribution in [0.2, 0.25) is 0 Å². The molecule has 0 unspecified atom stereocenters. The third kappa shape index (κ3) is 5.54. The fourth-order valence-corrected chi connectivity index (χ4v) is 4.06. The molecule has 0 saturated carbocycles. The lowest BCUT2D eigenvalue weighted by Gasteiger charge is -2.25. The monoisotopic (exact) mass is 486 g/mol. The molecule has 1 aliphatic rings. The van der Waals surface area contributed by atoms with E-state index in [2.05, 4.69) is 26.7 Å². The van der Waals surface area contributed by atoms with Crippen LogP contribution in [0.1, 0.15) is 29.9 Å². The van der Waals surface area contributed by atoms with E-state index in [4.69, 9.17) is 18.9 Å². The molecule has 0 atom stereocenters. The summed E-state index contributed by atoms with van der Waals surface area (Å²) in [5.41, 5.74) is 1.66. The van der Waals surface area contributed by atoms with E-state index < -0.39 is 18.2 Å². The second-order valence-corrected chi connectivity index (χ2v) is 8.02. The quantitative estimate of drug-likeness (QED) is 0.455. The Kier molecular flexibility index (Phi) is 7.81. The number of anilines is 2. The van der Waals surface area contributed by atoms with Crippen molar-refractivity contribution in [2.24, 2.45) is 0 Å². The summed E-state index contributed by atoms with van der Waals surface area (Å²) in [5.74, 6) is -0.117. The minimum Gasteiger partial charge on any atom is -0.496 e. The first-order valence-corrected chi connectivity index (χ1v) is 11.2. The number of ether oxygens (including phenoxy) is 4. The molecule has 0 radical (unpaired) electrons. The van der Waals surface area contributed by atoms with Crippen molar-refractivity contribution in [3.63, 3.8) is 0 Å². The smallest absolute Gasteiger partial charge is 0.227 e. The summed E-state index contributed by atoms with van der Waals surface area (Å²) >= 11 is 0. The minimum atomic E-state index is -0.855. The normalized spacial score (nSPS) is 13.9. The van der Waals surface area contributed by atoms with E-state index in [1.165, 1.54) is 32.2 Å². The minimum absolute atomic E-state index is 0.140. The number of piperidine rings is 1. The first-order valence-electron chi connectivity index (χ1n) is 11.2. The lowest BCUT2D eigenvalue weighted by molar-refractivity contribution is 0.280. The molecule has 2 aromatic carbocycles. The van der Waals surface area contributed by atoms with Crippen LogP contribution in [-0.2, 0) is 6.61 Å². The molecule has 2 N–H and O–H groups in total. The second-order valence-electron chi connectivity index (χ2n) is 8.02. The maximum absolute atomic E-state index is 14.5. The predicted molar refractivity (Wildman–Crippen MR) is 127 cm³/mol. The van der Waals surface area contributed by atoms with Crippen LogP contribution in [0.25, 0.3) is 0 Å². The summed E-state index contributed by atoms with van der Waals surface area (Å²) in [7, 11) is 4.24. The molecule has 3 aromatic rings. The maximum atomic E-state index is 14.5. The van der Waals surface area contributed by atoms with Crippen molar-refractivity contribution in [3.05, 3.63) is 59.4 Å². The number of hydrogen-bond donors (Lipinski definition) is 2. The highest BCUT2D eigenvalue weighted by Crippen LogP contribution is 2.35. The van der Waals surface area contributed by atoms with Crippen LogP contribution in [-0.4, -0.2) is 44.4 Å². The van der Waals surface area contributed by atoms with Crippen LogP contribution >= 0.6 is 0 Å². The summed E-state index contributed by atoms with van der Waals surface area (Å²) in [6.45, 7) is 1.61. The van der Waals surface area contributed by atoms with Gasteiger partial charge in [-0.05, 0) is 43.5 Å². The topological polar surface area (TPSA) is 86.8 Å². The highest BCUT2D eigenvalue weighted by atomic mass is 19.1. The van der Waals surface area contributed by atoms with Crippen molar-refractivity contribution in [2.75, 3.05) is 39.7 Å². The Labute approximate surface area is 202 Å². The molecule has 1 saturated heterocycles. The standard InChI is InChI=1S/C25H28F2N4O4/c1-32-20-10-16(4-5-18(20)15-6-8-28-9-7-15)31-25-29-12-17(13-30-25)35-14-19-23(26)21(33-2)11-22(34-3)24(19)27/h4-5,10-13,15,28H,6-9,14H2,1-3H3,(H,29,30,31). The van der Waals surface area contributed by atoms with E-state index in [-0.39, 0.29) is 22.8 Å². The van der Waals surface area contributed by atoms with Crippen LogP contribution in [0.4, 0.5) is 20.4 Å². The summed E-state index contributed by atoms with van der Waals surface area (Å²) in [5, 5.41) is 6.51. The average molecular weight is 487 g/mol. The molecule has 2 heterocycles. The molecule has 35 heavy (non-hydrogen) atoms. The molecule has 0 amide bonds. The molecule has 4 rings (SSSR count). The third-order valence-electron chi connectivity index (χ3n) is 5.94. The zero-order valence-corrected chi connectivity index (χ0v) is 19.9. The molecular weight excluding hydrogens is 458 g/mol. The molecule has 0 aliphatic carbocycles. The highest BCUT2D eigenvalue weighted by Gasteiger charge is 2.21. The summed E-state index contributed by atoms with van der Waals surface area (Å²) < 4.78 is 50.0. The molecule has 1 fully saturated rings. The number of halogens is 2.